The van der Waals surface area contributed by atoms with Crippen molar-refractivity contribution in [2.45, 2.75) is 6.92 Å². The number of rotatable bonds is 1. The van der Waals surface area contributed by atoms with Gasteiger partial charge in [-0.2, -0.15) is 5.26 Å². The molecule has 0 spiro atoms. The number of fused-ring (bicyclic) bond motifs is 2. The average Bonchev–Trinajstić information content (AvgIpc) is 2.59. The van der Waals surface area contributed by atoms with E-state index in [0.29, 0.717) is 0 Å². The largest absolute Gasteiger partial charge is 0.192 e. The van der Waals surface area contributed by atoms with Crippen LogP contribution in [0.1, 0.15) is 11.1 Å². The van der Waals surface area contributed by atoms with Crippen molar-refractivity contribution in [1.82, 2.24) is 0 Å². The molecule has 0 amide bonds. The Morgan fingerprint density at radius 3 is 1.91 bits per heavy atom. The summed E-state index contributed by atoms with van der Waals surface area (Å²) < 4.78 is 0. The Labute approximate surface area is 135 Å². The fourth-order valence-corrected chi connectivity index (χ4v) is 3.27. The quantitative estimate of drug-likeness (QED) is 0.404. The van der Waals surface area contributed by atoms with Crippen LogP contribution in [0.4, 0.5) is 0 Å². The van der Waals surface area contributed by atoms with Crippen molar-refractivity contribution >= 4 is 21.5 Å². The number of nitriles is 1. The van der Waals surface area contributed by atoms with Gasteiger partial charge in [-0.25, -0.2) is 0 Å². The molecule has 4 aromatic rings. The summed E-state index contributed by atoms with van der Waals surface area (Å²) in [5, 5.41) is 14.1. The molecule has 0 saturated heterocycles. The molecule has 108 valence electrons. The standard InChI is InChI=1S/C22H15N/c1-15-12-18(10-11-19(15)14-23)22-20-8-4-2-6-16(20)13-17-7-3-5-9-21(17)22/h2-13H,1H3. The van der Waals surface area contributed by atoms with Crippen molar-refractivity contribution in [2.24, 2.45) is 0 Å². The number of hydrogen-bond acceptors (Lipinski definition) is 1. The minimum absolute atomic E-state index is 0.735. The first-order valence-electron chi connectivity index (χ1n) is 7.69. The summed E-state index contributed by atoms with van der Waals surface area (Å²) in [7, 11) is 0. The minimum atomic E-state index is 0.735. The predicted octanol–water partition coefficient (Wildman–Crippen LogP) is 5.84. The van der Waals surface area contributed by atoms with Crippen molar-refractivity contribution in [3.8, 4) is 17.2 Å². The molecule has 4 aromatic carbocycles. The lowest BCUT2D eigenvalue weighted by Gasteiger charge is -2.13. The second kappa shape index (κ2) is 5.26. The summed E-state index contributed by atoms with van der Waals surface area (Å²) in [6, 6.07) is 27.5. The van der Waals surface area contributed by atoms with E-state index in [2.05, 4.69) is 72.8 Å². The van der Waals surface area contributed by atoms with Crippen molar-refractivity contribution < 1.29 is 0 Å². The molecule has 0 aliphatic heterocycles. The van der Waals surface area contributed by atoms with E-state index in [4.69, 9.17) is 0 Å². The van der Waals surface area contributed by atoms with Crippen molar-refractivity contribution in [2.75, 3.05) is 0 Å². The number of aryl methyl sites for hydroxylation is 1. The third-order valence-electron chi connectivity index (χ3n) is 4.41. The highest BCUT2D eigenvalue weighted by molar-refractivity contribution is 6.12. The number of hydrogen-bond donors (Lipinski definition) is 0. The Balaban J connectivity index is 2.15. The van der Waals surface area contributed by atoms with Crippen molar-refractivity contribution in [1.29, 1.82) is 5.26 Å². The average molecular weight is 293 g/mol. The third kappa shape index (κ3) is 2.17. The van der Waals surface area contributed by atoms with Crippen LogP contribution in [0.3, 0.4) is 0 Å². The molecule has 0 atom stereocenters. The van der Waals surface area contributed by atoms with Gasteiger partial charge in [0.25, 0.3) is 0 Å². The fourth-order valence-electron chi connectivity index (χ4n) is 3.27. The molecule has 0 bridgehead atoms. The Hall–Kier alpha value is -3.11. The molecule has 0 heterocycles. The molecule has 4 rings (SSSR count). The van der Waals surface area contributed by atoms with Crippen LogP contribution in [0.25, 0.3) is 32.7 Å². The Morgan fingerprint density at radius 2 is 1.35 bits per heavy atom. The Morgan fingerprint density at radius 1 is 0.739 bits per heavy atom. The van der Waals surface area contributed by atoms with Gasteiger partial charge in [0.2, 0.25) is 0 Å². The molecule has 0 aromatic heterocycles. The second-order valence-electron chi connectivity index (χ2n) is 5.84. The molecular weight excluding hydrogens is 278 g/mol. The maximum absolute atomic E-state index is 9.17. The van der Waals surface area contributed by atoms with Crippen LogP contribution in [0, 0.1) is 18.3 Å². The molecule has 0 saturated carbocycles. The van der Waals surface area contributed by atoms with Crippen LogP contribution >= 0.6 is 0 Å². The van der Waals surface area contributed by atoms with Gasteiger partial charge in [-0.05, 0) is 57.3 Å². The van der Waals surface area contributed by atoms with Crippen LogP contribution in [-0.4, -0.2) is 0 Å². The highest BCUT2D eigenvalue weighted by atomic mass is 14.2. The van der Waals surface area contributed by atoms with Gasteiger partial charge >= 0.3 is 0 Å². The maximum atomic E-state index is 9.17. The SMILES string of the molecule is Cc1cc(-c2c3ccccc3cc3ccccc23)ccc1C#N. The monoisotopic (exact) mass is 293 g/mol. The van der Waals surface area contributed by atoms with Gasteiger partial charge in [0.1, 0.15) is 0 Å². The topological polar surface area (TPSA) is 23.8 Å². The van der Waals surface area contributed by atoms with Gasteiger partial charge < -0.3 is 0 Å². The minimum Gasteiger partial charge on any atom is -0.192 e. The molecule has 0 aliphatic rings. The van der Waals surface area contributed by atoms with Gasteiger partial charge in [0.05, 0.1) is 11.6 Å². The van der Waals surface area contributed by atoms with Crippen molar-refractivity contribution in [3.63, 3.8) is 0 Å². The molecule has 1 nitrogen and oxygen atoms in total. The van der Waals surface area contributed by atoms with Gasteiger partial charge in [0, 0.05) is 0 Å². The fraction of sp³-hybridized carbons (Fsp3) is 0.0455. The molecule has 23 heavy (non-hydrogen) atoms. The zero-order chi connectivity index (χ0) is 15.8. The molecule has 0 unspecified atom stereocenters. The van der Waals surface area contributed by atoms with E-state index < -0.39 is 0 Å². The maximum Gasteiger partial charge on any atom is 0.0994 e. The Kier molecular flexibility index (Phi) is 3.10. The van der Waals surface area contributed by atoms with Gasteiger partial charge in [-0.15, -0.1) is 0 Å². The predicted molar refractivity (Wildman–Crippen MR) is 96.3 cm³/mol. The first-order valence-corrected chi connectivity index (χ1v) is 7.69. The molecule has 0 aliphatic carbocycles. The van der Waals surface area contributed by atoms with Crippen LogP contribution in [0.2, 0.25) is 0 Å². The van der Waals surface area contributed by atoms with E-state index in [1.54, 1.807) is 0 Å². The van der Waals surface area contributed by atoms with Gasteiger partial charge in [-0.1, -0.05) is 60.7 Å². The molecular formula is C22H15N. The number of benzene rings is 4. The first-order chi connectivity index (χ1) is 11.3. The van der Waals surface area contributed by atoms with E-state index in [1.807, 2.05) is 13.0 Å². The molecule has 1 heteroatoms. The normalized spacial score (nSPS) is 10.8. The molecule has 0 radical (unpaired) electrons. The lowest BCUT2D eigenvalue weighted by molar-refractivity contribution is 1.40. The lowest BCUT2D eigenvalue weighted by Crippen LogP contribution is -1.88. The van der Waals surface area contributed by atoms with E-state index in [1.165, 1.54) is 27.1 Å². The zero-order valence-corrected chi connectivity index (χ0v) is 12.9. The van der Waals surface area contributed by atoms with E-state index in [9.17, 15) is 5.26 Å². The second-order valence-corrected chi connectivity index (χ2v) is 5.84. The lowest BCUT2D eigenvalue weighted by atomic mass is 9.91. The zero-order valence-electron chi connectivity index (χ0n) is 12.9. The first kappa shape index (κ1) is 13.5. The van der Waals surface area contributed by atoms with Crippen LogP contribution in [-0.2, 0) is 0 Å². The summed E-state index contributed by atoms with van der Waals surface area (Å²) >= 11 is 0. The summed E-state index contributed by atoms with van der Waals surface area (Å²) in [4.78, 5) is 0. The van der Waals surface area contributed by atoms with E-state index >= 15 is 0 Å². The van der Waals surface area contributed by atoms with Crippen molar-refractivity contribution in [3.05, 3.63) is 83.9 Å². The summed E-state index contributed by atoms with van der Waals surface area (Å²) in [5.74, 6) is 0. The highest BCUT2D eigenvalue weighted by Crippen LogP contribution is 2.36. The molecule has 0 fully saturated rings. The van der Waals surface area contributed by atoms with E-state index in [0.717, 1.165) is 16.7 Å². The van der Waals surface area contributed by atoms with E-state index in [-0.39, 0.29) is 0 Å². The third-order valence-corrected chi connectivity index (χ3v) is 4.41. The van der Waals surface area contributed by atoms with Gasteiger partial charge in [0.15, 0.2) is 0 Å². The van der Waals surface area contributed by atoms with Crippen LogP contribution in [0.5, 0.6) is 0 Å². The van der Waals surface area contributed by atoms with Crippen LogP contribution < -0.4 is 0 Å². The summed E-state index contributed by atoms with van der Waals surface area (Å²) in [5.41, 5.74) is 4.15. The van der Waals surface area contributed by atoms with Gasteiger partial charge in [-0.3, -0.25) is 0 Å². The number of nitrogens with zero attached hydrogens (tertiary/aromatic N) is 1. The molecule has 0 N–H and O–H groups in total. The summed E-state index contributed by atoms with van der Waals surface area (Å²) in [6.07, 6.45) is 0. The Bertz CT molecular complexity index is 1030. The highest BCUT2D eigenvalue weighted by Gasteiger charge is 2.10. The summed E-state index contributed by atoms with van der Waals surface area (Å²) in [6.45, 7) is 2.00. The van der Waals surface area contributed by atoms with Crippen LogP contribution in [0.15, 0.2) is 72.8 Å². The smallest absolute Gasteiger partial charge is 0.0994 e.